The van der Waals surface area contributed by atoms with E-state index < -0.39 is 0 Å². The van der Waals surface area contributed by atoms with Crippen LogP contribution in [0.25, 0.3) is 22.5 Å². The summed E-state index contributed by atoms with van der Waals surface area (Å²) in [7, 11) is 0. The number of nitrogens with two attached hydrogens (primary N) is 2. The highest BCUT2D eigenvalue weighted by Crippen LogP contribution is 2.32. The van der Waals surface area contributed by atoms with Crippen LogP contribution in [0, 0.1) is 5.41 Å². The summed E-state index contributed by atoms with van der Waals surface area (Å²) in [5.41, 5.74) is 16.5. The van der Waals surface area contributed by atoms with E-state index in [9.17, 15) is 5.11 Å². The Labute approximate surface area is 180 Å². The lowest BCUT2D eigenvalue weighted by atomic mass is 10.0. The van der Waals surface area contributed by atoms with Crippen molar-refractivity contribution in [2.45, 2.75) is 6.61 Å². The molecule has 0 aliphatic heterocycles. The third-order valence-electron chi connectivity index (χ3n) is 4.86. The molecule has 154 valence electrons. The highest BCUT2D eigenvalue weighted by Gasteiger charge is 2.16. The monoisotopic (exact) mass is 410 g/mol. The van der Waals surface area contributed by atoms with Crippen molar-refractivity contribution in [3.8, 4) is 34.0 Å². The number of rotatable bonds is 6. The number of aliphatic hydroxyl groups is 1. The second kappa shape index (κ2) is 8.69. The number of anilines is 1. The Bertz CT molecular complexity index is 1200. The molecule has 4 rings (SSSR count). The number of ether oxygens (including phenoxy) is 1. The van der Waals surface area contributed by atoms with E-state index in [0.29, 0.717) is 28.4 Å². The first-order chi connectivity index (χ1) is 15.0. The molecule has 6 N–H and O–H groups in total. The number of hydrogen-bond donors (Lipinski definition) is 4. The highest BCUT2D eigenvalue weighted by atomic mass is 16.5. The van der Waals surface area contributed by atoms with Crippen LogP contribution in [0.4, 0.5) is 5.69 Å². The predicted molar refractivity (Wildman–Crippen MR) is 123 cm³/mol. The average molecular weight is 410 g/mol. The van der Waals surface area contributed by atoms with E-state index in [2.05, 4.69) is 0 Å². The first-order valence-electron chi connectivity index (χ1n) is 9.73. The SMILES string of the molecule is N=C(N)c1c(N)cc(-c2ccc(CO)cc2)nc1-c1ccc(Oc2ccccc2)cc1. The van der Waals surface area contributed by atoms with Crippen molar-refractivity contribution in [1.29, 1.82) is 5.41 Å². The molecule has 1 aromatic heterocycles. The zero-order valence-electron chi connectivity index (χ0n) is 16.7. The number of para-hydroxylation sites is 1. The Balaban J connectivity index is 1.73. The molecule has 4 aromatic rings. The van der Waals surface area contributed by atoms with Crippen LogP contribution in [0.15, 0.2) is 84.9 Å². The van der Waals surface area contributed by atoms with Gasteiger partial charge in [0.2, 0.25) is 0 Å². The minimum absolute atomic E-state index is 0.0260. The van der Waals surface area contributed by atoms with Gasteiger partial charge < -0.3 is 21.3 Å². The smallest absolute Gasteiger partial charge is 0.127 e. The Morgan fingerprint density at radius 1 is 0.871 bits per heavy atom. The fourth-order valence-electron chi connectivity index (χ4n) is 3.29. The minimum atomic E-state index is -0.146. The molecular weight excluding hydrogens is 388 g/mol. The van der Waals surface area contributed by atoms with Crippen LogP contribution in [0.2, 0.25) is 0 Å². The Morgan fingerprint density at radius 3 is 2.10 bits per heavy atom. The first kappa shape index (κ1) is 20.1. The van der Waals surface area contributed by atoms with Crippen LogP contribution in [0.1, 0.15) is 11.1 Å². The van der Waals surface area contributed by atoms with E-state index in [1.807, 2.05) is 78.9 Å². The molecule has 0 saturated carbocycles. The van der Waals surface area contributed by atoms with E-state index in [0.717, 1.165) is 22.4 Å². The lowest BCUT2D eigenvalue weighted by Crippen LogP contribution is -2.16. The quantitative estimate of drug-likeness (QED) is 0.274. The Morgan fingerprint density at radius 2 is 1.48 bits per heavy atom. The van der Waals surface area contributed by atoms with E-state index in [1.165, 1.54) is 0 Å². The topological polar surface area (TPSA) is 118 Å². The number of amidine groups is 1. The lowest BCUT2D eigenvalue weighted by Gasteiger charge is -2.14. The number of pyridine rings is 1. The summed E-state index contributed by atoms with van der Waals surface area (Å²) in [6.45, 7) is -0.0260. The van der Waals surface area contributed by atoms with Gasteiger partial charge in [-0.1, -0.05) is 42.5 Å². The standard InChI is InChI=1S/C25H22N4O2/c26-21-14-22(17-8-6-16(15-30)7-9-17)29-24(23(21)25(27)28)18-10-12-20(13-11-18)31-19-4-2-1-3-5-19/h1-14,30H,15H2,(H2,26,29)(H3,27,28). The molecule has 1 heterocycles. The number of benzene rings is 3. The van der Waals surface area contributed by atoms with Crippen molar-refractivity contribution in [3.63, 3.8) is 0 Å². The van der Waals surface area contributed by atoms with Crippen molar-refractivity contribution >= 4 is 11.5 Å². The number of aromatic nitrogens is 1. The fourth-order valence-corrected chi connectivity index (χ4v) is 3.29. The maximum Gasteiger partial charge on any atom is 0.127 e. The zero-order chi connectivity index (χ0) is 21.8. The molecular formula is C25H22N4O2. The van der Waals surface area contributed by atoms with Gasteiger partial charge in [-0.05, 0) is 48.0 Å². The molecule has 0 atom stereocenters. The van der Waals surface area contributed by atoms with Gasteiger partial charge in [-0.25, -0.2) is 4.98 Å². The molecule has 0 saturated heterocycles. The van der Waals surface area contributed by atoms with Crippen molar-refractivity contribution in [2.75, 3.05) is 5.73 Å². The molecule has 0 amide bonds. The van der Waals surface area contributed by atoms with Gasteiger partial charge in [0.1, 0.15) is 17.3 Å². The summed E-state index contributed by atoms with van der Waals surface area (Å²) in [4.78, 5) is 4.76. The van der Waals surface area contributed by atoms with E-state index in [4.69, 9.17) is 26.6 Å². The van der Waals surface area contributed by atoms with Crippen LogP contribution in [-0.4, -0.2) is 15.9 Å². The largest absolute Gasteiger partial charge is 0.457 e. The first-order valence-corrected chi connectivity index (χ1v) is 9.73. The second-order valence-electron chi connectivity index (χ2n) is 7.03. The van der Waals surface area contributed by atoms with E-state index in [-0.39, 0.29) is 12.4 Å². The third kappa shape index (κ3) is 4.39. The van der Waals surface area contributed by atoms with Crippen molar-refractivity contribution in [2.24, 2.45) is 5.73 Å². The van der Waals surface area contributed by atoms with Crippen LogP contribution in [-0.2, 0) is 6.61 Å². The molecule has 0 aliphatic carbocycles. The number of hydrogen-bond acceptors (Lipinski definition) is 5. The van der Waals surface area contributed by atoms with Crippen LogP contribution in [0.5, 0.6) is 11.5 Å². The van der Waals surface area contributed by atoms with E-state index >= 15 is 0 Å². The fraction of sp³-hybridized carbons (Fsp3) is 0.0400. The predicted octanol–water partition coefficient (Wildman–Crippen LogP) is 4.57. The summed E-state index contributed by atoms with van der Waals surface area (Å²) >= 11 is 0. The number of aliphatic hydroxyl groups excluding tert-OH is 1. The van der Waals surface area contributed by atoms with Crippen LogP contribution >= 0.6 is 0 Å². The van der Waals surface area contributed by atoms with E-state index in [1.54, 1.807) is 6.07 Å². The van der Waals surface area contributed by atoms with Gasteiger partial charge in [-0.3, -0.25) is 5.41 Å². The number of nitrogens with one attached hydrogen (secondary N) is 1. The van der Waals surface area contributed by atoms with Crippen molar-refractivity contribution < 1.29 is 9.84 Å². The van der Waals surface area contributed by atoms with Crippen molar-refractivity contribution in [3.05, 3.63) is 96.1 Å². The highest BCUT2D eigenvalue weighted by molar-refractivity contribution is 6.05. The molecule has 0 unspecified atom stereocenters. The Kier molecular flexibility index (Phi) is 5.64. The lowest BCUT2D eigenvalue weighted by molar-refractivity contribution is 0.282. The van der Waals surface area contributed by atoms with Gasteiger partial charge in [0.05, 0.1) is 23.6 Å². The molecule has 0 spiro atoms. The third-order valence-corrected chi connectivity index (χ3v) is 4.86. The maximum absolute atomic E-state index is 9.27. The molecule has 6 heteroatoms. The average Bonchev–Trinajstić information content (AvgIpc) is 2.79. The summed E-state index contributed by atoms with van der Waals surface area (Å²) < 4.78 is 5.85. The normalized spacial score (nSPS) is 10.6. The van der Waals surface area contributed by atoms with Gasteiger partial charge in [-0.15, -0.1) is 0 Å². The van der Waals surface area contributed by atoms with Crippen molar-refractivity contribution in [1.82, 2.24) is 4.98 Å². The summed E-state index contributed by atoms with van der Waals surface area (Å²) in [5, 5.41) is 17.3. The summed E-state index contributed by atoms with van der Waals surface area (Å²) in [6, 6.07) is 26.1. The maximum atomic E-state index is 9.27. The van der Waals surface area contributed by atoms with Gasteiger partial charge in [0, 0.05) is 16.8 Å². The Hall–Kier alpha value is -4.16. The number of nitrogens with zero attached hydrogens (tertiary/aromatic N) is 1. The molecule has 6 nitrogen and oxygen atoms in total. The molecule has 0 bridgehead atoms. The van der Waals surface area contributed by atoms with Gasteiger partial charge in [0.25, 0.3) is 0 Å². The molecule has 0 radical (unpaired) electrons. The zero-order valence-corrected chi connectivity index (χ0v) is 16.7. The molecule has 0 aliphatic rings. The molecule has 3 aromatic carbocycles. The number of nitrogen functional groups attached to an aromatic ring is 2. The molecule has 0 fully saturated rings. The van der Waals surface area contributed by atoms with Gasteiger partial charge in [-0.2, -0.15) is 0 Å². The van der Waals surface area contributed by atoms with Crippen LogP contribution < -0.4 is 16.2 Å². The van der Waals surface area contributed by atoms with Crippen LogP contribution in [0.3, 0.4) is 0 Å². The minimum Gasteiger partial charge on any atom is -0.457 e. The second-order valence-corrected chi connectivity index (χ2v) is 7.03. The molecule has 31 heavy (non-hydrogen) atoms. The van der Waals surface area contributed by atoms with Gasteiger partial charge in [0.15, 0.2) is 0 Å². The summed E-state index contributed by atoms with van der Waals surface area (Å²) in [5.74, 6) is 1.28. The van der Waals surface area contributed by atoms with Gasteiger partial charge >= 0.3 is 0 Å². The summed E-state index contributed by atoms with van der Waals surface area (Å²) in [6.07, 6.45) is 0.